The fraction of sp³-hybridized carbons (Fsp3) is 0.278. The summed E-state index contributed by atoms with van der Waals surface area (Å²) in [4.78, 5) is 11.5. The summed E-state index contributed by atoms with van der Waals surface area (Å²) in [5.41, 5.74) is 6.15. The van der Waals surface area contributed by atoms with Gasteiger partial charge in [0, 0.05) is 13.1 Å². The molecule has 1 aromatic carbocycles. The molecule has 25 heavy (non-hydrogen) atoms. The number of benzene rings is 1. The summed E-state index contributed by atoms with van der Waals surface area (Å²) >= 11 is 1.66. The molecule has 1 N–H and O–H groups in total. The van der Waals surface area contributed by atoms with Gasteiger partial charge in [0.15, 0.2) is 5.82 Å². The quantitative estimate of drug-likeness (QED) is 0.576. The molecule has 0 spiro atoms. The van der Waals surface area contributed by atoms with E-state index in [4.69, 9.17) is 9.72 Å². The SMILES string of the molecule is Cc1cccc(/C=N/Nc2nc(N3CCOCC3)c3sccc3n2)c1. The second-order valence-corrected chi connectivity index (χ2v) is 6.81. The van der Waals surface area contributed by atoms with E-state index in [2.05, 4.69) is 39.5 Å². The Balaban J connectivity index is 1.59. The van der Waals surface area contributed by atoms with E-state index in [1.807, 2.05) is 23.6 Å². The second-order valence-electron chi connectivity index (χ2n) is 5.89. The van der Waals surface area contributed by atoms with Gasteiger partial charge in [-0.3, -0.25) is 0 Å². The van der Waals surface area contributed by atoms with E-state index < -0.39 is 0 Å². The van der Waals surface area contributed by atoms with Crippen molar-refractivity contribution in [2.75, 3.05) is 36.6 Å². The van der Waals surface area contributed by atoms with Gasteiger partial charge in [0.05, 0.1) is 29.6 Å². The molecule has 0 atom stereocenters. The zero-order valence-electron chi connectivity index (χ0n) is 14.0. The van der Waals surface area contributed by atoms with Crippen molar-refractivity contribution in [2.24, 2.45) is 5.10 Å². The lowest BCUT2D eigenvalue weighted by atomic mass is 10.2. The monoisotopic (exact) mass is 353 g/mol. The predicted octanol–water partition coefficient (Wildman–Crippen LogP) is 3.28. The third kappa shape index (κ3) is 3.62. The molecular weight excluding hydrogens is 334 g/mol. The number of morpholine rings is 1. The van der Waals surface area contributed by atoms with Crippen LogP contribution < -0.4 is 10.3 Å². The van der Waals surface area contributed by atoms with Crippen LogP contribution >= 0.6 is 11.3 Å². The summed E-state index contributed by atoms with van der Waals surface area (Å²) in [6.07, 6.45) is 1.78. The number of rotatable bonds is 4. The van der Waals surface area contributed by atoms with Crippen LogP contribution in [0.15, 0.2) is 40.8 Å². The molecule has 3 heterocycles. The lowest BCUT2D eigenvalue weighted by molar-refractivity contribution is 0.122. The van der Waals surface area contributed by atoms with Crippen molar-refractivity contribution in [3.63, 3.8) is 0 Å². The molecule has 1 fully saturated rings. The van der Waals surface area contributed by atoms with Gasteiger partial charge in [-0.15, -0.1) is 11.3 Å². The van der Waals surface area contributed by atoms with Gasteiger partial charge in [0.2, 0.25) is 5.95 Å². The number of thiophene rings is 1. The standard InChI is InChI=1S/C18H19N5OS/c1-13-3-2-4-14(11-13)12-19-22-18-20-15-5-10-25-16(15)17(21-18)23-6-8-24-9-7-23/h2-5,10-12H,6-9H2,1H3,(H,20,21,22)/b19-12+. The number of aryl methyl sites for hydroxylation is 1. The minimum absolute atomic E-state index is 0.510. The minimum atomic E-state index is 0.510. The van der Waals surface area contributed by atoms with Gasteiger partial charge in [0.25, 0.3) is 0 Å². The van der Waals surface area contributed by atoms with Gasteiger partial charge in [0.1, 0.15) is 0 Å². The first-order valence-corrected chi connectivity index (χ1v) is 9.11. The average Bonchev–Trinajstić information content (AvgIpc) is 3.10. The minimum Gasteiger partial charge on any atom is -0.378 e. The fourth-order valence-electron chi connectivity index (χ4n) is 2.80. The van der Waals surface area contributed by atoms with Crippen molar-refractivity contribution in [1.29, 1.82) is 0 Å². The first-order valence-electron chi connectivity index (χ1n) is 8.23. The van der Waals surface area contributed by atoms with Crippen LogP contribution in [0.25, 0.3) is 10.2 Å². The summed E-state index contributed by atoms with van der Waals surface area (Å²) < 4.78 is 6.55. The van der Waals surface area contributed by atoms with Crippen molar-refractivity contribution in [1.82, 2.24) is 9.97 Å². The van der Waals surface area contributed by atoms with E-state index in [9.17, 15) is 0 Å². The number of ether oxygens (including phenoxy) is 1. The maximum absolute atomic E-state index is 5.45. The first kappa shape index (κ1) is 16.0. The predicted molar refractivity (Wildman–Crippen MR) is 103 cm³/mol. The van der Waals surface area contributed by atoms with Crippen molar-refractivity contribution < 1.29 is 4.74 Å². The molecule has 0 amide bonds. The van der Waals surface area contributed by atoms with Crippen LogP contribution in [-0.2, 0) is 4.74 Å². The molecule has 128 valence electrons. The second kappa shape index (κ2) is 7.16. The number of nitrogens with zero attached hydrogens (tertiary/aromatic N) is 4. The third-order valence-electron chi connectivity index (χ3n) is 4.02. The summed E-state index contributed by atoms with van der Waals surface area (Å²) in [7, 11) is 0. The van der Waals surface area contributed by atoms with E-state index in [0.717, 1.165) is 47.9 Å². The van der Waals surface area contributed by atoms with Crippen molar-refractivity contribution in [3.8, 4) is 0 Å². The summed E-state index contributed by atoms with van der Waals surface area (Å²) in [5, 5.41) is 6.34. The molecule has 0 bridgehead atoms. The molecule has 0 saturated carbocycles. The lowest BCUT2D eigenvalue weighted by Crippen LogP contribution is -2.36. The molecule has 1 aliphatic heterocycles. The van der Waals surface area contributed by atoms with Crippen molar-refractivity contribution in [3.05, 3.63) is 46.8 Å². The van der Waals surface area contributed by atoms with E-state index in [-0.39, 0.29) is 0 Å². The zero-order chi connectivity index (χ0) is 17.1. The Kier molecular flexibility index (Phi) is 4.58. The van der Waals surface area contributed by atoms with Crippen LogP contribution in [0, 0.1) is 6.92 Å². The molecule has 2 aromatic heterocycles. The fourth-order valence-corrected chi connectivity index (χ4v) is 3.65. The Labute approximate surface area is 150 Å². The number of hydrogen-bond donors (Lipinski definition) is 1. The third-order valence-corrected chi connectivity index (χ3v) is 4.92. The maximum atomic E-state index is 5.45. The zero-order valence-corrected chi connectivity index (χ0v) is 14.8. The molecule has 7 heteroatoms. The smallest absolute Gasteiger partial charge is 0.246 e. The van der Waals surface area contributed by atoms with E-state index >= 15 is 0 Å². The normalized spacial score (nSPS) is 15.2. The molecule has 4 rings (SSSR count). The van der Waals surface area contributed by atoms with Gasteiger partial charge in [-0.2, -0.15) is 10.1 Å². The Morgan fingerprint density at radius 3 is 2.96 bits per heavy atom. The van der Waals surface area contributed by atoms with Gasteiger partial charge < -0.3 is 9.64 Å². The van der Waals surface area contributed by atoms with E-state index in [0.29, 0.717) is 5.95 Å². The number of aromatic nitrogens is 2. The highest BCUT2D eigenvalue weighted by atomic mass is 32.1. The number of hydrogen-bond acceptors (Lipinski definition) is 7. The molecule has 1 aliphatic rings. The van der Waals surface area contributed by atoms with Crippen LogP contribution in [-0.4, -0.2) is 42.5 Å². The van der Waals surface area contributed by atoms with Crippen LogP contribution in [0.5, 0.6) is 0 Å². The van der Waals surface area contributed by atoms with Crippen LogP contribution in [0.4, 0.5) is 11.8 Å². The number of fused-ring (bicyclic) bond motifs is 1. The average molecular weight is 353 g/mol. The van der Waals surface area contributed by atoms with Crippen LogP contribution in [0.3, 0.4) is 0 Å². The van der Waals surface area contributed by atoms with Crippen molar-refractivity contribution in [2.45, 2.75) is 6.92 Å². The highest BCUT2D eigenvalue weighted by Crippen LogP contribution is 2.30. The van der Waals surface area contributed by atoms with E-state index in [1.165, 1.54) is 5.56 Å². The number of nitrogens with one attached hydrogen (secondary N) is 1. The summed E-state index contributed by atoms with van der Waals surface area (Å²) in [6, 6.07) is 10.2. The van der Waals surface area contributed by atoms with Crippen LogP contribution in [0.1, 0.15) is 11.1 Å². The number of hydrazone groups is 1. The maximum Gasteiger partial charge on any atom is 0.246 e. The van der Waals surface area contributed by atoms with Crippen LogP contribution in [0.2, 0.25) is 0 Å². The highest BCUT2D eigenvalue weighted by Gasteiger charge is 2.18. The molecule has 1 saturated heterocycles. The van der Waals surface area contributed by atoms with Gasteiger partial charge in [-0.05, 0) is 23.9 Å². The molecule has 6 nitrogen and oxygen atoms in total. The Bertz CT molecular complexity index is 901. The summed E-state index contributed by atoms with van der Waals surface area (Å²) in [5.74, 6) is 1.47. The molecule has 0 aliphatic carbocycles. The Hall–Kier alpha value is -2.51. The van der Waals surface area contributed by atoms with E-state index in [1.54, 1.807) is 17.6 Å². The largest absolute Gasteiger partial charge is 0.378 e. The topological polar surface area (TPSA) is 62.6 Å². The number of anilines is 2. The Morgan fingerprint density at radius 2 is 2.12 bits per heavy atom. The highest BCUT2D eigenvalue weighted by molar-refractivity contribution is 7.17. The van der Waals surface area contributed by atoms with Gasteiger partial charge in [-0.1, -0.05) is 29.8 Å². The molecule has 0 unspecified atom stereocenters. The van der Waals surface area contributed by atoms with Gasteiger partial charge >= 0.3 is 0 Å². The van der Waals surface area contributed by atoms with Gasteiger partial charge in [-0.25, -0.2) is 10.4 Å². The van der Waals surface area contributed by atoms with Crippen molar-refractivity contribution >= 4 is 39.5 Å². The Morgan fingerprint density at radius 1 is 1.24 bits per heavy atom. The molecule has 3 aromatic rings. The molecule has 0 radical (unpaired) electrons. The first-order chi connectivity index (χ1) is 12.3. The lowest BCUT2D eigenvalue weighted by Gasteiger charge is -2.28. The molecular formula is C18H19N5OS. The summed E-state index contributed by atoms with van der Waals surface area (Å²) in [6.45, 7) is 5.20.